The average Bonchev–Trinajstić information content (AvgIpc) is 3.41. The van der Waals surface area contributed by atoms with Crippen LogP contribution in [0, 0.1) is 24.7 Å². The van der Waals surface area contributed by atoms with Crippen LogP contribution >= 0.6 is 0 Å². The third kappa shape index (κ3) is 5.43. The van der Waals surface area contributed by atoms with E-state index in [4.69, 9.17) is 6.58 Å². The first-order chi connectivity index (χ1) is 19.7. The summed E-state index contributed by atoms with van der Waals surface area (Å²) in [6, 6.07) is 16.4. The average molecular weight is 543 g/mol. The van der Waals surface area contributed by atoms with Crippen LogP contribution in [0.3, 0.4) is 0 Å². The molecule has 0 N–H and O–H groups in total. The summed E-state index contributed by atoms with van der Waals surface area (Å²) in [7, 11) is 0. The summed E-state index contributed by atoms with van der Waals surface area (Å²) in [4.78, 5) is 0. The Morgan fingerprint density at radius 2 is 1.61 bits per heavy atom. The number of fused-ring (bicyclic) bond motifs is 1. The Morgan fingerprint density at radius 3 is 2.27 bits per heavy atom. The van der Waals surface area contributed by atoms with Crippen LogP contribution < -0.4 is 0 Å². The van der Waals surface area contributed by atoms with E-state index in [0.717, 1.165) is 32.1 Å². The van der Waals surface area contributed by atoms with Crippen molar-refractivity contribution in [3.05, 3.63) is 141 Å². The Kier molecular flexibility index (Phi) is 8.60. The molecule has 1 saturated carbocycles. The van der Waals surface area contributed by atoms with Crippen LogP contribution in [0.5, 0.6) is 0 Å². The van der Waals surface area contributed by atoms with E-state index in [9.17, 15) is 0 Å². The minimum absolute atomic E-state index is 0.355. The minimum atomic E-state index is 0.355. The molecule has 0 heterocycles. The topological polar surface area (TPSA) is 0 Å². The first-order valence-corrected chi connectivity index (χ1v) is 16.0. The molecular formula is C41H50. The molecule has 214 valence electrons. The standard InChI is InChI=1S/C41H50/c1-10-13-26(5)38-27(6)21-37-24-36(23-35-20-28(7)39(29(35)8)33-16-14-25(4)15-17-33)30(9)40(37)41(38)34-19-18-31(11-2)32(12-3)22-34/h14-23,27,38-41H,5,9-13,24H2,1-4,6-8H3/b36-23-. The fourth-order valence-electron chi connectivity index (χ4n) is 8.20. The molecule has 0 amide bonds. The molecule has 41 heavy (non-hydrogen) atoms. The number of rotatable bonds is 8. The second kappa shape index (κ2) is 12.0. The second-order valence-corrected chi connectivity index (χ2v) is 13.0. The van der Waals surface area contributed by atoms with Crippen molar-refractivity contribution in [2.75, 3.05) is 0 Å². The highest BCUT2D eigenvalue weighted by molar-refractivity contribution is 5.59. The molecule has 0 nitrogen and oxygen atoms in total. The minimum Gasteiger partial charge on any atom is -0.0995 e. The van der Waals surface area contributed by atoms with E-state index in [-0.39, 0.29) is 0 Å². The predicted octanol–water partition coefficient (Wildman–Crippen LogP) is 11.3. The van der Waals surface area contributed by atoms with Gasteiger partial charge in [-0.1, -0.05) is 136 Å². The van der Waals surface area contributed by atoms with Crippen molar-refractivity contribution in [3.8, 4) is 0 Å². The first kappa shape index (κ1) is 29.4. The number of benzene rings is 2. The van der Waals surface area contributed by atoms with Gasteiger partial charge in [-0.05, 0) is 97.3 Å². The van der Waals surface area contributed by atoms with E-state index in [1.165, 1.54) is 61.3 Å². The first-order valence-electron chi connectivity index (χ1n) is 16.0. The third-order valence-electron chi connectivity index (χ3n) is 10.3. The van der Waals surface area contributed by atoms with Crippen LogP contribution in [-0.4, -0.2) is 0 Å². The van der Waals surface area contributed by atoms with Crippen molar-refractivity contribution in [1.29, 1.82) is 0 Å². The van der Waals surface area contributed by atoms with Crippen LogP contribution in [0.4, 0.5) is 0 Å². The predicted molar refractivity (Wildman–Crippen MR) is 178 cm³/mol. The van der Waals surface area contributed by atoms with Gasteiger partial charge in [-0.2, -0.15) is 0 Å². The van der Waals surface area contributed by atoms with Crippen LogP contribution in [0.25, 0.3) is 0 Å². The van der Waals surface area contributed by atoms with Gasteiger partial charge in [-0.3, -0.25) is 0 Å². The van der Waals surface area contributed by atoms with Gasteiger partial charge in [0, 0.05) is 17.8 Å². The molecule has 3 aliphatic rings. The van der Waals surface area contributed by atoms with E-state index in [0.29, 0.717) is 29.6 Å². The zero-order chi connectivity index (χ0) is 29.4. The highest BCUT2D eigenvalue weighted by Crippen LogP contribution is 2.57. The molecule has 0 bridgehead atoms. The maximum Gasteiger partial charge on any atom is 0.0264 e. The molecule has 0 aromatic heterocycles. The quantitative estimate of drug-likeness (QED) is 0.291. The van der Waals surface area contributed by atoms with Crippen molar-refractivity contribution >= 4 is 0 Å². The number of allylic oxidation sites excluding steroid dienone is 10. The van der Waals surface area contributed by atoms with Crippen molar-refractivity contribution in [1.82, 2.24) is 0 Å². The molecule has 1 fully saturated rings. The van der Waals surface area contributed by atoms with Crippen molar-refractivity contribution in [3.63, 3.8) is 0 Å². The lowest BCUT2D eigenvalue weighted by Crippen LogP contribution is -2.31. The number of hydrogen-bond acceptors (Lipinski definition) is 0. The highest BCUT2D eigenvalue weighted by Gasteiger charge is 2.45. The molecule has 0 radical (unpaired) electrons. The molecular weight excluding hydrogens is 492 g/mol. The van der Waals surface area contributed by atoms with Crippen molar-refractivity contribution in [2.24, 2.45) is 17.8 Å². The van der Waals surface area contributed by atoms with Crippen LogP contribution in [0.2, 0.25) is 0 Å². The largest absolute Gasteiger partial charge is 0.0995 e. The monoisotopic (exact) mass is 542 g/mol. The molecule has 0 saturated heterocycles. The molecule has 3 aliphatic carbocycles. The van der Waals surface area contributed by atoms with Gasteiger partial charge in [-0.15, -0.1) is 0 Å². The van der Waals surface area contributed by atoms with Gasteiger partial charge >= 0.3 is 0 Å². The van der Waals surface area contributed by atoms with Gasteiger partial charge in [0.15, 0.2) is 0 Å². The summed E-state index contributed by atoms with van der Waals surface area (Å²) in [5.41, 5.74) is 17.2. The summed E-state index contributed by atoms with van der Waals surface area (Å²) in [5, 5.41) is 0. The molecule has 0 heteroatoms. The highest BCUT2D eigenvalue weighted by atomic mass is 14.5. The lowest BCUT2D eigenvalue weighted by atomic mass is 9.62. The van der Waals surface area contributed by atoms with Gasteiger partial charge < -0.3 is 0 Å². The van der Waals surface area contributed by atoms with Crippen molar-refractivity contribution in [2.45, 2.75) is 92.4 Å². The molecule has 0 spiro atoms. The Hall–Kier alpha value is -3.12. The number of aryl methyl sites for hydroxylation is 3. The fraction of sp³-hybridized carbons (Fsp3) is 0.415. The van der Waals surface area contributed by atoms with E-state index >= 15 is 0 Å². The summed E-state index contributed by atoms with van der Waals surface area (Å²) in [6.45, 7) is 25.6. The number of hydrogen-bond donors (Lipinski definition) is 0. The summed E-state index contributed by atoms with van der Waals surface area (Å²) < 4.78 is 0. The van der Waals surface area contributed by atoms with E-state index in [2.05, 4.69) is 116 Å². The van der Waals surface area contributed by atoms with Gasteiger partial charge in [0.05, 0.1) is 0 Å². The summed E-state index contributed by atoms with van der Waals surface area (Å²) in [5.74, 6) is 2.05. The molecule has 5 atom stereocenters. The maximum absolute atomic E-state index is 4.83. The summed E-state index contributed by atoms with van der Waals surface area (Å²) >= 11 is 0. The second-order valence-electron chi connectivity index (χ2n) is 13.0. The molecule has 5 rings (SSSR count). The van der Waals surface area contributed by atoms with E-state index < -0.39 is 0 Å². The smallest absolute Gasteiger partial charge is 0.0264 e. The normalized spacial score (nSPS) is 26.9. The van der Waals surface area contributed by atoms with Gasteiger partial charge in [0.25, 0.3) is 0 Å². The van der Waals surface area contributed by atoms with Crippen molar-refractivity contribution < 1.29 is 0 Å². The zero-order valence-electron chi connectivity index (χ0n) is 26.6. The Labute approximate surface area is 250 Å². The van der Waals surface area contributed by atoms with Gasteiger partial charge in [-0.25, -0.2) is 0 Å². The molecule has 2 aromatic rings. The lowest BCUT2D eigenvalue weighted by molar-refractivity contribution is 0.322. The Bertz CT molecular complexity index is 1460. The zero-order valence-corrected chi connectivity index (χ0v) is 26.6. The van der Waals surface area contributed by atoms with Crippen LogP contribution in [0.1, 0.15) is 100 Å². The summed E-state index contributed by atoms with van der Waals surface area (Å²) in [6.07, 6.45) is 12.9. The van der Waals surface area contributed by atoms with E-state index in [1.807, 2.05) is 0 Å². The van der Waals surface area contributed by atoms with Crippen LogP contribution in [-0.2, 0) is 12.8 Å². The molecule has 5 unspecified atom stereocenters. The lowest BCUT2D eigenvalue weighted by Gasteiger charge is -2.42. The maximum atomic E-state index is 4.83. The Balaban J connectivity index is 1.55. The SMILES string of the molecule is C=C1/C(=C\C2=C(C)C(c3ccc(C)cc3)C(C)=C2)CC2=CC(C)C(C(=C)CCC)C(c3ccc(CC)c(CC)c3)C12. The van der Waals surface area contributed by atoms with Crippen LogP contribution in [0.15, 0.2) is 113 Å². The van der Waals surface area contributed by atoms with Gasteiger partial charge in [0.1, 0.15) is 0 Å². The Morgan fingerprint density at radius 1 is 0.927 bits per heavy atom. The van der Waals surface area contributed by atoms with Gasteiger partial charge in [0.2, 0.25) is 0 Å². The molecule has 2 aromatic carbocycles. The molecule has 0 aliphatic heterocycles. The fourth-order valence-corrected chi connectivity index (χ4v) is 8.20. The van der Waals surface area contributed by atoms with E-state index in [1.54, 1.807) is 5.57 Å². The third-order valence-corrected chi connectivity index (χ3v) is 10.3.